The molecule has 1 aromatic carbocycles. The summed E-state index contributed by atoms with van der Waals surface area (Å²) in [6, 6.07) is 4.12. The fraction of sp³-hybridized carbons (Fsp3) is 0.182. The van der Waals surface area contributed by atoms with E-state index in [2.05, 4.69) is 21.0 Å². The molecule has 84 valence electrons. The molecule has 2 rings (SSSR count). The Morgan fingerprint density at radius 3 is 2.19 bits per heavy atom. The van der Waals surface area contributed by atoms with Crippen LogP contribution in [0, 0.1) is 18.6 Å². The highest BCUT2D eigenvalue weighted by atomic mass is 79.9. The van der Waals surface area contributed by atoms with Gasteiger partial charge in [0, 0.05) is 11.5 Å². The van der Waals surface area contributed by atoms with Crippen LogP contribution in [0.1, 0.15) is 5.69 Å². The first-order chi connectivity index (χ1) is 7.49. The van der Waals surface area contributed by atoms with Crippen molar-refractivity contribution in [2.45, 2.75) is 6.92 Å². The van der Waals surface area contributed by atoms with Crippen LogP contribution in [0.5, 0.6) is 0 Å². The number of halogens is 3. The van der Waals surface area contributed by atoms with E-state index in [0.29, 0.717) is 10.2 Å². The summed E-state index contributed by atoms with van der Waals surface area (Å²) in [5.41, 5.74) is 1.10. The molecule has 0 amide bonds. The zero-order valence-electron chi connectivity index (χ0n) is 8.76. The molecule has 0 fully saturated rings. The fourth-order valence-corrected chi connectivity index (χ4v) is 2.03. The second kappa shape index (κ2) is 3.97. The van der Waals surface area contributed by atoms with Gasteiger partial charge < -0.3 is 0 Å². The average molecular weight is 287 g/mol. The van der Waals surface area contributed by atoms with Crippen molar-refractivity contribution in [3.8, 4) is 11.3 Å². The van der Waals surface area contributed by atoms with Crippen LogP contribution < -0.4 is 0 Å². The Kier molecular flexibility index (Phi) is 2.80. The molecule has 0 spiro atoms. The number of benzene rings is 1. The van der Waals surface area contributed by atoms with Gasteiger partial charge in [-0.1, -0.05) is 15.9 Å². The molecule has 0 aliphatic rings. The molecule has 0 saturated carbocycles. The number of aromatic nitrogens is 2. The highest BCUT2D eigenvalue weighted by Crippen LogP contribution is 2.28. The Bertz CT molecular complexity index is 526. The van der Waals surface area contributed by atoms with Crippen molar-refractivity contribution < 1.29 is 8.78 Å². The van der Waals surface area contributed by atoms with Gasteiger partial charge in [0.25, 0.3) is 0 Å². The zero-order valence-corrected chi connectivity index (χ0v) is 10.3. The van der Waals surface area contributed by atoms with Gasteiger partial charge >= 0.3 is 0 Å². The average Bonchev–Trinajstić information content (AvgIpc) is 2.43. The second-order valence-corrected chi connectivity index (χ2v) is 4.45. The van der Waals surface area contributed by atoms with Crippen LogP contribution in [-0.2, 0) is 7.05 Å². The van der Waals surface area contributed by atoms with Crippen molar-refractivity contribution in [3.05, 3.63) is 40.0 Å². The Morgan fingerprint density at radius 1 is 1.19 bits per heavy atom. The quantitative estimate of drug-likeness (QED) is 0.785. The van der Waals surface area contributed by atoms with Crippen LogP contribution in [0.25, 0.3) is 11.3 Å². The smallest absolute Gasteiger partial charge is 0.136 e. The van der Waals surface area contributed by atoms with Gasteiger partial charge in [0.2, 0.25) is 0 Å². The maximum atomic E-state index is 13.7. The number of nitrogens with zero attached hydrogens (tertiary/aromatic N) is 2. The van der Waals surface area contributed by atoms with Gasteiger partial charge in [-0.25, -0.2) is 8.78 Å². The van der Waals surface area contributed by atoms with Gasteiger partial charge in [0.05, 0.1) is 17.0 Å². The van der Waals surface area contributed by atoms with Crippen LogP contribution in [-0.4, -0.2) is 9.78 Å². The Labute approximate surface area is 100 Å². The highest BCUT2D eigenvalue weighted by molar-refractivity contribution is 9.10. The number of rotatable bonds is 1. The minimum atomic E-state index is -0.602. The SMILES string of the molecule is Cc1cc(-c2c(F)cc(Br)cc2F)n(C)n1. The van der Waals surface area contributed by atoms with Crippen LogP contribution in [0.2, 0.25) is 0 Å². The van der Waals surface area contributed by atoms with Gasteiger partial charge in [0.15, 0.2) is 0 Å². The molecule has 0 unspecified atom stereocenters. The summed E-state index contributed by atoms with van der Waals surface area (Å²) in [6.45, 7) is 1.78. The number of hydrogen-bond acceptors (Lipinski definition) is 1. The summed E-state index contributed by atoms with van der Waals surface area (Å²) in [5, 5.41) is 4.06. The molecule has 0 aliphatic heterocycles. The van der Waals surface area contributed by atoms with Crippen molar-refractivity contribution in [1.29, 1.82) is 0 Å². The Hall–Kier alpha value is -1.23. The van der Waals surface area contributed by atoms with E-state index in [1.165, 1.54) is 16.8 Å². The number of aryl methyl sites for hydroxylation is 2. The van der Waals surface area contributed by atoms with E-state index in [-0.39, 0.29) is 5.56 Å². The first-order valence-corrected chi connectivity index (χ1v) is 5.44. The lowest BCUT2D eigenvalue weighted by atomic mass is 10.1. The first kappa shape index (κ1) is 11.3. The maximum absolute atomic E-state index is 13.7. The van der Waals surface area contributed by atoms with Gasteiger partial charge in [-0.3, -0.25) is 4.68 Å². The predicted molar refractivity (Wildman–Crippen MR) is 61.0 cm³/mol. The largest absolute Gasteiger partial charge is 0.267 e. The molecule has 0 saturated heterocycles. The van der Waals surface area contributed by atoms with E-state index in [9.17, 15) is 8.78 Å². The van der Waals surface area contributed by atoms with E-state index in [0.717, 1.165) is 5.69 Å². The normalized spacial score (nSPS) is 10.8. The maximum Gasteiger partial charge on any atom is 0.136 e. The van der Waals surface area contributed by atoms with E-state index < -0.39 is 11.6 Å². The van der Waals surface area contributed by atoms with Gasteiger partial charge in [-0.2, -0.15) is 5.10 Å². The molecule has 16 heavy (non-hydrogen) atoms. The molecule has 0 N–H and O–H groups in total. The van der Waals surface area contributed by atoms with Crippen molar-refractivity contribution in [2.75, 3.05) is 0 Å². The van der Waals surface area contributed by atoms with Gasteiger partial charge in [0.1, 0.15) is 11.6 Å². The molecule has 5 heteroatoms. The minimum Gasteiger partial charge on any atom is -0.267 e. The first-order valence-electron chi connectivity index (χ1n) is 4.64. The molecule has 0 bridgehead atoms. The molecule has 2 nitrogen and oxygen atoms in total. The van der Waals surface area contributed by atoms with E-state index >= 15 is 0 Å². The lowest BCUT2D eigenvalue weighted by Crippen LogP contribution is -1.98. The molecule has 0 aliphatic carbocycles. The third-order valence-corrected chi connectivity index (χ3v) is 2.72. The molecular formula is C11H9BrF2N2. The van der Waals surface area contributed by atoms with Crippen LogP contribution >= 0.6 is 15.9 Å². The zero-order chi connectivity index (χ0) is 11.9. The molecular weight excluding hydrogens is 278 g/mol. The van der Waals surface area contributed by atoms with Crippen LogP contribution in [0.3, 0.4) is 0 Å². The standard InChI is InChI=1S/C11H9BrF2N2/c1-6-3-10(16(2)15-6)11-8(13)4-7(12)5-9(11)14/h3-5H,1-2H3. The van der Waals surface area contributed by atoms with Gasteiger partial charge in [-0.05, 0) is 25.1 Å². The van der Waals surface area contributed by atoms with Crippen molar-refractivity contribution in [1.82, 2.24) is 9.78 Å². The van der Waals surface area contributed by atoms with Gasteiger partial charge in [-0.15, -0.1) is 0 Å². The molecule has 2 aromatic rings. The third kappa shape index (κ3) is 1.87. The molecule has 0 radical (unpaired) electrons. The minimum absolute atomic E-state index is 0.0497. The summed E-state index contributed by atoms with van der Waals surface area (Å²) in [7, 11) is 1.66. The number of hydrogen-bond donors (Lipinski definition) is 0. The molecule has 1 heterocycles. The summed E-state index contributed by atoms with van der Waals surface area (Å²) >= 11 is 3.04. The lowest BCUT2D eigenvalue weighted by molar-refractivity contribution is 0.584. The topological polar surface area (TPSA) is 17.8 Å². The Balaban J connectivity index is 2.69. The summed E-state index contributed by atoms with van der Waals surface area (Å²) in [6.07, 6.45) is 0. The molecule has 0 atom stereocenters. The van der Waals surface area contributed by atoms with Crippen molar-refractivity contribution in [2.24, 2.45) is 7.05 Å². The van der Waals surface area contributed by atoms with Crippen LogP contribution in [0.15, 0.2) is 22.7 Å². The van der Waals surface area contributed by atoms with E-state index in [1.54, 1.807) is 20.0 Å². The third-order valence-electron chi connectivity index (χ3n) is 2.26. The van der Waals surface area contributed by atoms with E-state index in [4.69, 9.17) is 0 Å². The summed E-state index contributed by atoms with van der Waals surface area (Å²) < 4.78 is 29.2. The monoisotopic (exact) mass is 286 g/mol. The Morgan fingerprint density at radius 2 is 1.75 bits per heavy atom. The summed E-state index contributed by atoms with van der Waals surface area (Å²) in [4.78, 5) is 0. The van der Waals surface area contributed by atoms with Crippen molar-refractivity contribution in [3.63, 3.8) is 0 Å². The predicted octanol–water partition coefficient (Wildman–Crippen LogP) is 3.44. The highest BCUT2D eigenvalue weighted by Gasteiger charge is 2.16. The van der Waals surface area contributed by atoms with Crippen molar-refractivity contribution >= 4 is 15.9 Å². The molecule has 1 aromatic heterocycles. The van der Waals surface area contributed by atoms with E-state index in [1.807, 2.05) is 0 Å². The second-order valence-electron chi connectivity index (χ2n) is 3.54. The summed E-state index contributed by atoms with van der Waals surface area (Å²) in [5.74, 6) is -1.20. The van der Waals surface area contributed by atoms with Crippen LogP contribution in [0.4, 0.5) is 8.78 Å². The fourth-order valence-electron chi connectivity index (χ4n) is 1.63. The lowest BCUT2D eigenvalue weighted by Gasteiger charge is -2.05.